The highest BCUT2D eigenvalue weighted by molar-refractivity contribution is 5.68. The van der Waals surface area contributed by atoms with Crippen LogP contribution < -0.4 is 5.32 Å². The van der Waals surface area contributed by atoms with Crippen molar-refractivity contribution in [1.82, 2.24) is 10.2 Å². The maximum atomic E-state index is 12.1. The van der Waals surface area contributed by atoms with E-state index in [2.05, 4.69) is 12.2 Å². The topological polar surface area (TPSA) is 50.8 Å². The first-order valence-electron chi connectivity index (χ1n) is 8.67. The average Bonchev–Trinajstić information content (AvgIpc) is 2.47. The molecule has 1 N–H and O–H groups in total. The van der Waals surface area contributed by atoms with Crippen molar-refractivity contribution in [2.24, 2.45) is 5.92 Å². The van der Waals surface area contributed by atoms with Gasteiger partial charge in [-0.3, -0.25) is 0 Å². The van der Waals surface area contributed by atoms with Crippen molar-refractivity contribution in [3.8, 4) is 0 Å². The van der Waals surface area contributed by atoms with Gasteiger partial charge in [-0.15, -0.1) is 0 Å². The van der Waals surface area contributed by atoms with Crippen LogP contribution in [0.4, 0.5) is 4.79 Å². The van der Waals surface area contributed by atoms with Crippen molar-refractivity contribution in [3.05, 3.63) is 0 Å². The lowest BCUT2D eigenvalue weighted by Gasteiger charge is -2.37. The van der Waals surface area contributed by atoms with Crippen LogP contribution in [0.2, 0.25) is 0 Å². The number of piperidine rings is 1. The molecule has 0 bridgehead atoms. The molecule has 5 nitrogen and oxygen atoms in total. The van der Waals surface area contributed by atoms with E-state index >= 15 is 0 Å². The molecule has 5 heteroatoms. The van der Waals surface area contributed by atoms with Crippen molar-refractivity contribution in [3.63, 3.8) is 0 Å². The maximum absolute atomic E-state index is 12.1. The van der Waals surface area contributed by atoms with Crippen molar-refractivity contribution < 1.29 is 14.3 Å². The summed E-state index contributed by atoms with van der Waals surface area (Å²) in [5.74, 6) is 0.720. The highest BCUT2D eigenvalue weighted by atomic mass is 16.6. The van der Waals surface area contributed by atoms with Crippen molar-refractivity contribution in [2.45, 2.75) is 71.1 Å². The van der Waals surface area contributed by atoms with Crippen LogP contribution in [0.1, 0.15) is 53.4 Å². The molecule has 0 saturated carbocycles. The third-order valence-corrected chi connectivity index (χ3v) is 4.62. The fraction of sp³-hybridized carbons (Fsp3) is 0.941. The van der Waals surface area contributed by atoms with E-state index in [0.717, 1.165) is 57.9 Å². The Morgan fingerprint density at radius 1 is 1.18 bits per heavy atom. The molecule has 2 rings (SSSR count). The van der Waals surface area contributed by atoms with Crippen LogP contribution >= 0.6 is 0 Å². The highest BCUT2D eigenvalue weighted by Crippen LogP contribution is 2.21. The Hall–Kier alpha value is -0.810. The molecule has 0 aliphatic carbocycles. The summed E-state index contributed by atoms with van der Waals surface area (Å²) in [6.45, 7) is 11.4. The van der Waals surface area contributed by atoms with Crippen LogP contribution in [0.15, 0.2) is 0 Å². The van der Waals surface area contributed by atoms with Gasteiger partial charge in [-0.05, 0) is 59.3 Å². The number of carbonyl (C=O) groups excluding carboxylic acids is 1. The van der Waals surface area contributed by atoms with Crippen molar-refractivity contribution >= 4 is 6.09 Å². The molecule has 2 fully saturated rings. The van der Waals surface area contributed by atoms with E-state index in [0.29, 0.717) is 12.1 Å². The van der Waals surface area contributed by atoms with Crippen molar-refractivity contribution in [2.75, 3.05) is 26.3 Å². The minimum absolute atomic E-state index is 0.177. The third kappa shape index (κ3) is 5.43. The van der Waals surface area contributed by atoms with Crippen LogP contribution in [0.3, 0.4) is 0 Å². The van der Waals surface area contributed by atoms with E-state index in [1.807, 2.05) is 25.7 Å². The lowest BCUT2D eigenvalue weighted by molar-refractivity contribution is 0.0185. The molecule has 0 aromatic carbocycles. The molecule has 1 amide bonds. The molecule has 0 aromatic rings. The van der Waals surface area contributed by atoms with Gasteiger partial charge < -0.3 is 19.7 Å². The Kier molecular flexibility index (Phi) is 6.09. The number of carbonyl (C=O) groups is 1. The fourth-order valence-corrected chi connectivity index (χ4v) is 3.28. The predicted molar refractivity (Wildman–Crippen MR) is 87.0 cm³/mol. The first kappa shape index (κ1) is 17.5. The Morgan fingerprint density at radius 2 is 1.77 bits per heavy atom. The normalized spacial score (nSPS) is 23.4. The van der Waals surface area contributed by atoms with Crippen LogP contribution in [-0.4, -0.2) is 55.0 Å². The van der Waals surface area contributed by atoms with E-state index in [1.165, 1.54) is 0 Å². The van der Waals surface area contributed by atoms with Gasteiger partial charge in [0, 0.05) is 38.4 Å². The summed E-state index contributed by atoms with van der Waals surface area (Å²) in [5.41, 5.74) is -0.413. The molecule has 2 aliphatic rings. The van der Waals surface area contributed by atoms with Gasteiger partial charge in [0.1, 0.15) is 5.60 Å². The second-order valence-electron chi connectivity index (χ2n) is 7.65. The molecule has 1 unspecified atom stereocenters. The summed E-state index contributed by atoms with van der Waals surface area (Å²) in [6, 6.07) is 1.04. The summed E-state index contributed by atoms with van der Waals surface area (Å²) in [5, 5.41) is 3.76. The Bertz CT molecular complexity index is 353. The van der Waals surface area contributed by atoms with Crippen LogP contribution in [0, 0.1) is 5.92 Å². The number of ether oxygens (including phenoxy) is 2. The zero-order valence-electron chi connectivity index (χ0n) is 14.6. The molecule has 128 valence electrons. The highest BCUT2D eigenvalue weighted by Gasteiger charge is 2.29. The van der Waals surface area contributed by atoms with Gasteiger partial charge in [0.15, 0.2) is 0 Å². The van der Waals surface area contributed by atoms with Crippen LogP contribution in [0.5, 0.6) is 0 Å². The lowest BCUT2D eigenvalue weighted by Crippen LogP contribution is -2.50. The van der Waals surface area contributed by atoms with Crippen LogP contribution in [-0.2, 0) is 9.47 Å². The van der Waals surface area contributed by atoms with E-state index < -0.39 is 5.60 Å². The largest absolute Gasteiger partial charge is 0.444 e. The van der Waals surface area contributed by atoms with E-state index in [9.17, 15) is 4.79 Å². The van der Waals surface area contributed by atoms with Crippen molar-refractivity contribution in [1.29, 1.82) is 0 Å². The summed E-state index contributed by atoms with van der Waals surface area (Å²) >= 11 is 0. The molecule has 0 radical (unpaired) electrons. The predicted octanol–water partition coefficient (Wildman–Crippen LogP) is 2.79. The average molecular weight is 312 g/mol. The number of rotatable bonds is 3. The summed E-state index contributed by atoms with van der Waals surface area (Å²) in [4.78, 5) is 13.9. The van der Waals surface area contributed by atoms with Gasteiger partial charge in [-0.2, -0.15) is 0 Å². The summed E-state index contributed by atoms with van der Waals surface area (Å²) < 4.78 is 10.9. The Balaban J connectivity index is 1.71. The van der Waals surface area contributed by atoms with Crippen LogP contribution in [0.25, 0.3) is 0 Å². The third-order valence-electron chi connectivity index (χ3n) is 4.62. The number of hydrogen-bond acceptors (Lipinski definition) is 4. The molecular weight excluding hydrogens is 280 g/mol. The van der Waals surface area contributed by atoms with Gasteiger partial charge in [0.2, 0.25) is 0 Å². The van der Waals surface area contributed by atoms with Gasteiger partial charge in [-0.1, -0.05) is 0 Å². The van der Waals surface area contributed by atoms with E-state index in [4.69, 9.17) is 9.47 Å². The van der Waals surface area contributed by atoms with E-state index in [-0.39, 0.29) is 6.09 Å². The lowest BCUT2D eigenvalue weighted by atomic mass is 9.91. The molecule has 1 atom stereocenters. The van der Waals surface area contributed by atoms with Gasteiger partial charge >= 0.3 is 6.09 Å². The molecule has 22 heavy (non-hydrogen) atoms. The number of amides is 1. The number of nitrogens with one attached hydrogen (secondary N) is 1. The number of nitrogens with zero attached hydrogens (tertiary/aromatic N) is 1. The second kappa shape index (κ2) is 7.64. The monoisotopic (exact) mass is 312 g/mol. The second-order valence-corrected chi connectivity index (χ2v) is 7.65. The minimum atomic E-state index is -0.413. The summed E-state index contributed by atoms with van der Waals surface area (Å²) in [6.07, 6.45) is 4.15. The number of hydrogen-bond donors (Lipinski definition) is 1. The van der Waals surface area contributed by atoms with Gasteiger partial charge in [0.05, 0.1) is 0 Å². The zero-order chi connectivity index (χ0) is 16.2. The SMILES string of the molecule is CC(NC1CCN(C(=O)OC(C)(C)C)CC1)C1CCOCC1. The van der Waals surface area contributed by atoms with E-state index in [1.54, 1.807) is 0 Å². The Morgan fingerprint density at radius 3 is 2.32 bits per heavy atom. The molecule has 2 aliphatic heterocycles. The standard InChI is InChI=1S/C17H32N2O3/c1-13(14-7-11-21-12-8-14)18-15-5-9-19(10-6-15)16(20)22-17(2,3)4/h13-15,18H,5-12H2,1-4H3. The molecule has 2 saturated heterocycles. The smallest absolute Gasteiger partial charge is 0.410 e. The molecule has 0 spiro atoms. The first-order valence-corrected chi connectivity index (χ1v) is 8.67. The molecular formula is C17H32N2O3. The van der Waals surface area contributed by atoms with Gasteiger partial charge in [0.25, 0.3) is 0 Å². The number of likely N-dealkylation sites (tertiary alicyclic amines) is 1. The molecule has 0 aromatic heterocycles. The summed E-state index contributed by atoms with van der Waals surface area (Å²) in [7, 11) is 0. The van der Waals surface area contributed by atoms with Gasteiger partial charge in [-0.25, -0.2) is 4.79 Å². The zero-order valence-corrected chi connectivity index (χ0v) is 14.6. The quantitative estimate of drug-likeness (QED) is 0.870. The molecule has 2 heterocycles. The fourth-order valence-electron chi connectivity index (χ4n) is 3.28. The maximum Gasteiger partial charge on any atom is 0.410 e. The Labute approximate surface area is 134 Å². The minimum Gasteiger partial charge on any atom is -0.444 e. The first-order chi connectivity index (χ1) is 10.3.